The third-order valence-electron chi connectivity index (χ3n) is 0.726. The van der Waals surface area contributed by atoms with Crippen LogP contribution in [0.2, 0.25) is 0 Å². The van der Waals surface area contributed by atoms with Gasteiger partial charge in [-0.2, -0.15) is 0 Å². The summed E-state index contributed by atoms with van der Waals surface area (Å²) in [6.45, 7) is 1.42. The SMILES string of the molecule is CC(=O)c1[c]nn[nH]1. The Balaban J connectivity index is 2.93. The van der Waals surface area contributed by atoms with Gasteiger partial charge in [0.15, 0.2) is 5.78 Å². The first-order chi connectivity index (χ1) is 3.80. The van der Waals surface area contributed by atoms with Crippen molar-refractivity contribution in [3.63, 3.8) is 0 Å². The van der Waals surface area contributed by atoms with Gasteiger partial charge in [-0.1, -0.05) is 5.21 Å². The fourth-order valence-electron chi connectivity index (χ4n) is 0.332. The van der Waals surface area contributed by atoms with Gasteiger partial charge in [0.2, 0.25) is 0 Å². The van der Waals surface area contributed by atoms with Gasteiger partial charge in [0.25, 0.3) is 0 Å². The molecule has 1 radical (unpaired) electrons. The van der Waals surface area contributed by atoms with Crippen molar-refractivity contribution in [2.45, 2.75) is 6.92 Å². The Labute approximate surface area is 45.9 Å². The smallest absolute Gasteiger partial charge is 0.179 e. The number of hydrogen-bond acceptors (Lipinski definition) is 3. The molecule has 4 heteroatoms. The van der Waals surface area contributed by atoms with E-state index in [0.717, 1.165) is 0 Å². The van der Waals surface area contributed by atoms with Crippen molar-refractivity contribution in [1.82, 2.24) is 15.4 Å². The molecule has 1 aromatic heterocycles. The Bertz CT molecular complexity index is 179. The highest BCUT2D eigenvalue weighted by Gasteiger charge is 1.98. The first-order valence-electron chi connectivity index (χ1n) is 2.10. The van der Waals surface area contributed by atoms with E-state index in [0.29, 0.717) is 5.69 Å². The number of hydrogen-bond donors (Lipinski definition) is 1. The third-order valence-corrected chi connectivity index (χ3v) is 0.726. The highest BCUT2D eigenvalue weighted by Crippen LogP contribution is 1.85. The molecule has 0 aliphatic rings. The van der Waals surface area contributed by atoms with Crippen molar-refractivity contribution in [2.24, 2.45) is 0 Å². The Kier molecular flexibility index (Phi) is 1.07. The predicted molar refractivity (Wildman–Crippen MR) is 25.2 cm³/mol. The quantitative estimate of drug-likeness (QED) is 0.509. The van der Waals surface area contributed by atoms with E-state index in [-0.39, 0.29) is 5.78 Å². The summed E-state index contributed by atoms with van der Waals surface area (Å²) in [4.78, 5) is 10.4. The van der Waals surface area contributed by atoms with Crippen LogP contribution < -0.4 is 0 Å². The van der Waals surface area contributed by atoms with Crippen LogP contribution in [0.25, 0.3) is 0 Å². The molecule has 0 saturated carbocycles. The summed E-state index contributed by atoms with van der Waals surface area (Å²) >= 11 is 0. The largest absolute Gasteiger partial charge is 0.293 e. The van der Waals surface area contributed by atoms with Crippen LogP contribution in [0.1, 0.15) is 17.4 Å². The molecule has 0 saturated heterocycles. The molecular formula is C4H4N3O. The summed E-state index contributed by atoms with van der Waals surface area (Å²) in [7, 11) is 0. The zero-order valence-electron chi connectivity index (χ0n) is 4.30. The minimum atomic E-state index is -0.102. The Morgan fingerprint density at radius 2 is 2.62 bits per heavy atom. The van der Waals surface area contributed by atoms with Crippen LogP contribution in [0, 0.1) is 6.20 Å². The lowest BCUT2D eigenvalue weighted by atomic mass is 10.3. The zero-order chi connectivity index (χ0) is 5.98. The number of aromatic amines is 1. The average Bonchev–Trinajstić information content (AvgIpc) is 2.12. The number of carbonyl (C=O) groups excluding carboxylic acids is 1. The molecule has 0 aromatic carbocycles. The molecule has 41 valence electrons. The number of rotatable bonds is 1. The summed E-state index contributed by atoms with van der Waals surface area (Å²) in [5.74, 6) is -0.102. The van der Waals surface area contributed by atoms with E-state index in [1.165, 1.54) is 6.92 Å². The molecule has 0 spiro atoms. The maximum atomic E-state index is 10.4. The van der Waals surface area contributed by atoms with E-state index in [9.17, 15) is 4.79 Å². The first kappa shape index (κ1) is 4.96. The molecule has 1 aromatic rings. The van der Waals surface area contributed by atoms with Crippen LogP contribution in [-0.2, 0) is 0 Å². The van der Waals surface area contributed by atoms with Gasteiger partial charge in [-0.3, -0.25) is 9.89 Å². The summed E-state index contributed by atoms with van der Waals surface area (Å²) in [5.41, 5.74) is 0.324. The van der Waals surface area contributed by atoms with Gasteiger partial charge < -0.3 is 0 Å². The van der Waals surface area contributed by atoms with Crippen LogP contribution in [0.3, 0.4) is 0 Å². The van der Waals surface area contributed by atoms with E-state index in [4.69, 9.17) is 0 Å². The van der Waals surface area contributed by atoms with Crippen LogP contribution in [0.15, 0.2) is 0 Å². The van der Waals surface area contributed by atoms with Gasteiger partial charge in [-0.25, -0.2) is 0 Å². The molecule has 1 N–H and O–H groups in total. The van der Waals surface area contributed by atoms with E-state index >= 15 is 0 Å². The summed E-state index contributed by atoms with van der Waals surface area (Å²) in [6, 6.07) is 0. The fourth-order valence-corrected chi connectivity index (χ4v) is 0.332. The molecule has 0 aliphatic heterocycles. The van der Waals surface area contributed by atoms with Gasteiger partial charge in [0.1, 0.15) is 11.9 Å². The van der Waals surface area contributed by atoms with Crippen LogP contribution in [0.5, 0.6) is 0 Å². The van der Waals surface area contributed by atoms with E-state index in [1.807, 2.05) is 0 Å². The topological polar surface area (TPSA) is 58.6 Å². The average molecular weight is 110 g/mol. The maximum Gasteiger partial charge on any atom is 0.179 e. The summed E-state index contributed by atoms with van der Waals surface area (Å²) in [5, 5.41) is 8.95. The molecule has 0 unspecified atom stereocenters. The molecule has 8 heavy (non-hydrogen) atoms. The minimum absolute atomic E-state index is 0.102. The van der Waals surface area contributed by atoms with Gasteiger partial charge in [-0.05, 0) is 0 Å². The molecule has 0 amide bonds. The van der Waals surface area contributed by atoms with Crippen LogP contribution in [0.4, 0.5) is 0 Å². The Hall–Kier alpha value is -1.19. The number of H-pyrrole nitrogens is 1. The van der Waals surface area contributed by atoms with E-state index < -0.39 is 0 Å². The highest BCUT2D eigenvalue weighted by molar-refractivity contribution is 5.91. The lowest BCUT2D eigenvalue weighted by Crippen LogP contribution is -1.90. The second-order valence-electron chi connectivity index (χ2n) is 1.35. The molecule has 1 rings (SSSR count). The summed E-state index contributed by atoms with van der Waals surface area (Å²) < 4.78 is 0. The molecule has 0 aliphatic carbocycles. The number of nitrogens with one attached hydrogen (secondary N) is 1. The monoisotopic (exact) mass is 110 g/mol. The van der Waals surface area contributed by atoms with Gasteiger partial charge in [-0.15, -0.1) is 5.10 Å². The number of carbonyl (C=O) groups is 1. The molecule has 4 nitrogen and oxygen atoms in total. The van der Waals surface area contributed by atoms with Crippen molar-refractivity contribution < 1.29 is 4.79 Å². The molecule has 1 heterocycles. The van der Waals surface area contributed by atoms with E-state index in [2.05, 4.69) is 21.6 Å². The van der Waals surface area contributed by atoms with Crippen molar-refractivity contribution in [3.8, 4) is 0 Å². The van der Waals surface area contributed by atoms with Crippen molar-refractivity contribution >= 4 is 5.78 Å². The highest BCUT2D eigenvalue weighted by atomic mass is 16.1. The number of ketones is 1. The van der Waals surface area contributed by atoms with Gasteiger partial charge >= 0.3 is 0 Å². The normalized spacial score (nSPS) is 9.12. The lowest BCUT2D eigenvalue weighted by molar-refractivity contribution is 0.101. The van der Waals surface area contributed by atoms with E-state index in [1.54, 1.807) is 0 Å². The Morgan fingerprint density at radius 3 is 2.88 bits per heavy atom. The molecule has 0 atom stereocenters. The zero-order valence-corrected chi connectivity index (χ0v) is 4.30. The second kappa shape index (κ2) is 1.73. The first-order valence-corrected chi connectivity index (χ1v) is 2.10. The van der Waals surface area contributed by atoms with Crippen molar-refractivity contribution in [1.29, 1.82) is 0 Å². The predicted octanol–water partition coefficient (Wildman–Crippen LogP) is -0.193. The second-order valence-corrected chi connectivity index (χ2v) is 1.35. The van der Waals surface area contributed by atoms with Crippen molar-refractivity contribution in [2.75, 3.05) is 0 Å². The van der Waals surface area contributed by atoms with Gasteiger partial charge in [0.05, 0.1) is 0 Å². The Morgan fingerprint density at radius 1 is 1.88 bits per heavy atom. The number of aromatic nitrogens is 3. The van der Waals surface area contributed by atoms with Crippen LogP contribution in [-0.4, -0.2) is 21.2 Å². The van der Waals surface area contributed by atoms with Crippen LogP contribution >= 0.6 is 0 Å². The lowest BCUT2D eigenvalue weighted by Gasteiger charge is -1.77. The maximum absolute atomic E-state index is 10.4. The molecular weight excluding hydrogens is 106 g/mol. The standard InChI is InChI=1S/C4H4N3O/c1-3(8)4-2-5-7-6-4/h1H3,(H,5,6,7). The number of nitrogens with zero attached hydrogens (tertiary/aromatic N) is 2. The number of Topliss-reactive ketones (excluding diaryl/α,β-unsaturated/α-hetero) is 1. The molecule has 0 bridgehead atoms. The van der Waals surface area contributed by atoms with Crippen molar-refractivity contribution in [3.05, 3.63) is 11.9 Å². The third kappa shape index (κ3) is 0.726. The minimum Gasteiger partial charge on any atom is -0.293 e. The summed E-state index contributed by atoms with van der Waals surface area (Å²) in [6.07, 6.45) is 2.37. The molecule has 0 fully saturated rings. The fraction of sp³-hybridized carbons (Fsp3) is 0.250. The van der Waals surface area contributed by atoms with Gasteiger partial charge in [0, 0.05) is 6.92 Å².